The lowest BCUT2D eigenvalue weighted by Gasteiger charge is -2.37. The van der Waals surface area contributed by atoms with E-state index in [-0.39, 0.29) is 0 Å². The molecule has 1 aliphatic carbocycles. The largest absolute Gasteiger partial charge is 0.345 e. The maximum Gasteiger partial charge on any atom is 0.345 e. The van der Waals surface area contributed by atoms with E-state index in [0.717, 1.165) is 6.42 Å². The van der Waals surface area contributed by atoms with Crippen molar-refractivity contribution in [2.24, 2.45) is 5.73 Å². The van der Waals surface area contributed by atoms with E-state index in [1.807, 2.05) is 0 Å². The molecule has 4 nitrogen and oxygen atoms in total. The fraction of sp³-hybridized carbons (Fsp3) is 1.00. The molecule has 0 aromatic carbocycles. The van der Waals surface area contributed by atoms with Crippen LogP contribution in [0.4, 0.5) is 0 Å². The molecule has 1 saturated carbocycles. The van der Waals surface area contributed by atoms with Crippen LogP contribution in [0.15, 0.2) is 0 Å². The highest BCUT2D eigenvalue weighted by atomic mass is 31.2. The summed E-state index contributed by atoms with van der Waals surface area (Å²) in [7, 11) is -4.00. The van der Waals surface area contributed by atoms with Crippen LogP contribution < -0.4 is 5.73 Å². The molecule has 0 aromatic heterocycles. The Hall–Kier alpha value is 0.110. The van der Waals surface area contributed by atoms with Crippen molar-refractivity contribution in [1.29, 1.82) is 0 Å². The zero-order chi connectivity index (χ0) is 7.12. The standard InChI is InChI=1S/C4H10NO3P/c5-4(2-1-3-4)9(6,7)8/h1-3,5H2,(H2,6,7,8). The van der Waals surface area contributed by atoms with Crippen molar-refractivity contribution in [3.05, 3.63) is 0 Å². The van der Waals surface area contributed by atoms with Gasteiger partial charge >= 0.3 is 7.60 Å². The zero-order valence-electron chi connectivity index (χ0n) is 4.95. The van der Waals surface area contributed by atoms with E-state index in [2.05, 4.69) is 0 Å². The molecule has 0 spiro atoms. The minimum absolute atomic E-state index is 0.456. The smallest absolute Gasteiger partial charge is 0.323 e. The fourth-order valence-corrected chi connectivity index (χ4v) is 1.73. The van der Waals surface area contributed by atoms with E-state index < -0.39 is 12.9 Å². The topological polar surface area (TPSA) is 83.6 Å². The van der Waals surface area contributed by atoms with Gasteiger partial charge in [-0.05, 0) is 19.3 Å². The molecule has 1 aliphatic rings. The molecule has 5 heteroatoms. The Morgan fingerprint density at radius 1 is 1.44 bits per heavy atom. The lowest BCUT2D eigenvalue weighted by molar-refractivity contribution is 0.257. The lowest BCUT2D eigenvalue weighted by atomic mass is 9.93. The van der Waals surface area contributed by atoms with Gasteiger partial charge in [0.1, 0.15) is 5.28 Å². The Bertz CT molecular complexity index is 159. The summed E-state index contributed by atoms with van der Waals surface area (Å²) < 4.78 is 10.5. The van der Waals surface area contributed by atoms with Gasteiger partial charge in [-0.25, -0.2) is 0 Å². The van der Waals surface area contributed by atoms with Gasteiger partial charge < -0.3 is 15.5 Å². The van der Waals surface area contributed by atoms with Gasteiger partial charge in [-0.3, -0.25) is 4.57 Å². The number of hydrogen-bond donors (Lipinski definition) is 3. The molecule has 0 aromatic rings. The van der Waals surface area contributed by atoms with E-state index in [1.165, 1.54) is 0 Å². The van der Waals surface area contributed by atoms with Gasteiger partial charge in [-0.2, -0.15) is 0 Å². The van der Waals surface area contributed by atoms with Crippen LogP contribution in [0.3, 0.4) is 0 Å². The predicted octanol–water partition coefficient (Wildman–Crippen LogP) is 0.00300. The van der Waals surface area contributed by atoms with E-state index in [9.17, 15) is 4.57 Å². The first kappa shape index (κ1) is 7.22. The number of hydrogen-bond acceptors (Lipinski definition) is 2. The third-order valence-electron chi connectivity index (χ3n) is 1.80. The summed E-state index contributed by atoms with van der Waals surface area (Å²) in [6.07, 6.45) is 1.75. The van der Waals surface area contributed by atoms with Gasteiger partial charge in [0.2, 0.25) is 0 Å². The van der Waals surface area contributed by atoms with Crippen molar-refractivity contribution >= 4 is 7.60 Å². The normalized spacial score (nSPS) is 25.2. The molecule has 4 N–H and O–H groups in total. The highest BCUT2D eigenvalue weighted by Gasteiger charge is 2.47. The molecule has 0 aliphatic heterocycles. The van der Waals surface area contributed by atoms with Gasteiger partial charge in [-0.15, -0.1) is 0 Å². The van der Waals surface area contributed by atoms with E-state index in [0.29, 0.717) is 12.8 Å². The van der Waals surface area contributed by atoms with Crippen LogP contribution >= 0.6 is 7.60 Å². The fourth-order valence-electron chi connectivity index (χ4n) is 0.830. The molecule has 0 radical (unpaired) electrons. The summed E-state index contributed by atoms with van der Waals surface area (Å²) in [6.45, 7) is 0. The number of rotatable bonds is 1. The molecule has 9 heavy (non-hydrogen) atoms. The molecule has 0 bridgehead atoms. The first-order valence-corrected chi connectivity index (χ1v) is 4.41. The summed E-state index contributed by atoms with van der Waals surface area (Å²) >= 11 is 0. The Kier molecular flexibility index (Phi) is 1.44. The second kappa shape index (κ2) is 1.80. The van der Waals surface area contributed by atoms with Crippen molar-refractivity contribution in [2.45, 2.75) is 24.5 Å². The van der Waals surface area contributed by atoms with Crippen LogP contribution in [-0.2, 0) is 4.57 Å². The molecule has 0 saturated heterocycles. The SMILES string of the molecule is NC1(P(=O)(O)O)CCC1. The Labute approximate surface area is 53.2 Å². The third-order valence-corrected chi connectivity index (χ3v) is 3.41. The van der Waals surface area contributed by atoms with Crippen molar-refractivity contribution in [3.63, 3.8) is 0 Å². The molecule has 1 fully saturated rings. The van der Waals surface area contributed by atoms with Crippen LogP contribution in [0, 0.1) is 0 Å². The van der Waals surface area contributed by atoms with E-state index in [4.69, 9.17) is 15.5 Å². The van der Waals surface area contributed by atoms with Gasteiger partial charge in [-0.1, -0.05) is 0 Å². The van der Waals surface area contributed by atoms with E-state index >= 15 is 0 Å². The molecule has 0 heterocycles. The van der Waals surface area contributed by atoms with Crippen LogP contribution in [0.2, 0.25) is 0 Å². The summed E-state index contributed by atoms with van der Waals surface area (Å²) in [4.78, 5) is 17.2. The summed E-state index contributed by atoms with van der Waals surface area (Å²) in [5.74, 6) is 0. The molecule has 0 atom stereocenters. The predicted molar refractivity (Wildman–Crippen MR) is 32.8 cm³/mol. The minimum atomic E-state index is -4.00. The first-order chi connectivity index (χ1) is 3.96. The Morgan fingerprint density at radius 3 is 1.89 bits per heavy atom. The van der Waals surface area contributed by atoms with Gasteiger partial charge in [0, 0.05) is 0 Å². The van der Waals surface area contributed by atoms with Crippen LogP contribution in [0.5, 0.6) is 0 Å². The third kappa shape index (κ3) is 1.03. The minimum Gasteiger partial charge on any atom is -0.323 e. The average Bonchev–Trinajstić information content (AvgIpc) is 1.57. The van der Waals surface area contributed by atoms with Crippen LogP contribution in [0.25, 0.3) is 0 Å². The molecular weight excluding hydrogens is 141 g/mol. The highest BCUT2D eigenvalue weighted by molar-refractivity contribution is 7.53. The van der Waals surface area contributed by atoms with Crippen LogP contribution in [-0.4, -0.2) is 15.1 Å². The summed E-state index contributed by atoms with van der Waals surface area (Å²) in [6, 6.07) is 0. The Balaban J connectivity index is 2.71. The zero-order valence-corrected chi connectivity index (χ0v) is 5.84. The first-order valence-electron chi connectivity index (χ1n) is 2.80. The maximum absolute atomic E-state index is 10.5. The van der Waals surface area contributed by atoms with E-state index in [1.54, 1.807) is 0 Å². The van der Waals surface area contributed by atoms with Gasteiger partial charge in [0.25, 0.3) is 0 Å². The van der Waals surface area contributed by atoms with Gasteiger partial charge in [0.15, 0.2) is 0 Å². The second-order valence-electron chi connectivity index (χ2n) is 2.50. The molecule has 54 valence electrons. The maximum atomic E-state index is 10.5. The van der Waals surface area contributed by atoms with Crippen molar-refractivity contribution in [3.8, 4) is 0 Å². The molecule has 1 rings (SSSR count). The van der Waals surface area contributed by atoms with Crippen molar-refractivity contribution in [1.82, 2.24) is 0 Å². The van der Waals surface area contributed by atoms with Gasteiger partial charge in [0.05, 0.1) is 0 Å². The molecule has 0 amide bonds. The number of nitrogens with two attached hydrogens (primary N) is 1. The lowest BCUT2D eigenvalue weighted by Crippen LogP contribution is -2.45. The summed E-state index contributed by atoms with van der Waals surface area (Å²) in [5, 5.41) is -1.17. The quantitative estimate of drug-likeness (QED) is 0.460. The second-order valence-corrected chi connectivity index (χ2v) is 4.48. The van der Waals surface area contributed by atoms with Crippen LogP contribution in [0.1, 0.15) is 19.3 Å². The molecule has 0 unspecified atom stereocenters. The van der Waals surface area contributed by atoms with Crippen molar-refractivity contribution in [2.75, 3.05) is 0 Å². The molecular formula is C4H10NO3P. The highest BCUT2D eigenvalue weighted by Crippen LogP contribution is 2.57. The Morgan fingerprint density at radius 2 is 1.89 bits per heavy atom. The van der Waals surface area contributed by atoms with Crippen molar-refractivity contribution < 1.29 is 14.4 Å². The monoisotopic (exact) mass is 151 g/mol. The average molecular weight is 151 g/mol. The summed E-state index contributed by atoms with van der Waals surface area (Å²) in [5.41, 5.74) is 5.32.